The summed E-state index contributed by atoms with van der Waals surface area (Å²) in [5.41, 5.74) is 0.440. The van der Waals surface area contributed by atoms with Crippen LogP contribution in [0.4, 0.5) is 5.69 Å². The van der Waals surface area contributed by atoms with E-state index >= 15 is 0 Å². The number of hydrogen-bond donors (Lipinski definition) is 2. The fourth-order valence-electron chi connectivity index (χ4n) is 3.07. The van der Waals surface area contributed by atoms with Crippen LogP contribution in [0.3, 0.4) is 0 Å². The lowest BCUT2D eigenvalue weighted by molar-refractivity contribution is 0.417. The van der Waals surface area contributed by atoms with E-state index in [9.17, 15) is 9.90 Å². The monoisotopic (exact) mass is 393 g/mol. The van der Waals surface area contributed by atoms with Crippen LogP contribution in [0.15, 0.2) is 76.1 Å². The van der Waals surface area contributed by atoms with Gasteiger partial charge in [-0.3, -0.25) is 0 Å². The second-order valence-electron chi connectivity index (χ2n) is 6.16. The standard InChI is InChI=1S/C22H16ClNO4/c1-27-21-9-7-14(23)10-18(21)24-12-19(25)17-11-16-15-5-3-2-4-13(15)6-8-20(16)28-22(17)26/h2-12,24-25H,1H3/b19-12-. The van der Waals surface area contributed by atoms with Crippen molar-refractivity contribution in [2.75, 3.05) is 12.4 Å². The molecule has 28 heavy (non-hydrogen) atoms. The molecule has 0 amide bonds. The van der Waals surface area contributed by atoms with Gasteiger partial charge in [0, 0.05) is 16.6 Å². The molecule has 0 radical (unpaired) electrons. The van der Waals surface area contributed by atoms with E-state index in [4.69, 9.17) is 20.8 Å². The minimum Gasteiger partial charge on any atom is -0.506 e. The van der Waals surface area contributed by atoms with E-state index in [0.29, 0.717) is 22.0 Å². The van der Waals surface area contributed by atoms with Crippen molar-refractivity contribution in [1.82, 2.24) is 0 Å². The zero-order valence-electron chi connectivity index (χ0n) is 14.9. The molecule has 0 atom stereocenters. The Hall–Kier alpha value is -3.44. The fourth-order valence-corrected chi connectivity index (χ4v) is 3.24. The van der Waals surface area contributed by atoms with Crippen LogP contribution in [0, 0.1) is 0 Å². The van der Waals surface area contributed by atoms with E-state index in [0.717, 1.165) is 16.2 Å². The third kappa shape index (κ3) is 3.28. The van der Waals surface area contributed by atoms with Crippen LogP contribution in [-0.2, 0) is 0 Å². The van der Waals surface area contributed by atoms with Crippen LogP contribution >= 0.6 is 11.6 Å². The van der Waals surface area contributed by atoms with Crippen molar-refractivity contribution in [3.8, 4) is 5.75 Å². The highest BCUT2D eigenvalue weighted by Crippen LogP contribution is 2.29. The van der Waals surface area contributed by atoms with Gasteiger partial charge in [0.25, 0.3) is 0 Å². The van der Waals surface area contributed by atoms with E-state index < -0.39 is 5.63 Å². The van der Waals surface area contributed by atoms with Crippen molar-refractivity contribution in [1.29, 1.82) is 0 Å². The molecule has 0 bridgehead atoms. The van der Waals surface area contributed by atoms with Crippen LogP contribution in [0.2, 0.25) is 5.02 Å². The van der Waals surface area contributed by atoms with E-state index in [-0.39, 0.29) is 11.3 Å². The second kappa shape index (κ2) is 7.29. The third-order valence-electron chi connectivity index (χ3n) is 4.44. The lowest BCUT2D eigenvalue weighted by Crippen LogP contribution is -2.07. The zero-order valence-corrected chi connectivity index (χ0v) is 15.7. The first-order valence-corrected chi connectivity index (χ1v) is 8.90. The number of ether oxygens (including phenoxy) is 1. The van der Waals surface area contributed by atoms with Gasteiger partial charge in [-0.1, -0.05) is 41.9 Å². The molecule has 1 aromatic heterocycles. The summed E-state index contributed by atoms with van der Waals surface area (Å²) in [7, 11) is 1.53. The van der Waals surface area contributed by atoms with Gasteiger partial charge >= 0.3 is 5.63 Å². The molecule has 6 heteroatoms. The highest BCUT2D eigenvalue weighted by molar-refractivity contribution is 6.31. The number of aliphatic hydroxyl groups is 1. The summed E-state index contributed by atoms with van der Waals surface area (Å²) >= 11 is 6.01. The van der Waals surface area contributed by atoms with Gasteiger partial charge in [0.1, 0.15) is 22.7 Å². The number of fused-ring (bicyclic) bond motifs is 3. The van der Waals surface area contributed by atoms with Gasteiger partial charge in [0.05, 0.1) is 12.8 Å². The Morgan fingerprint density at radius 1 is 1.11 bits per heavy atom. The minimum atomic E-state index is -0.628. The van der Waals surface area contributed by atoms with Crippen molar-refractivity contribution >= 4 is 44.8 Å². The molecule has 1 heterocycles. The molecule has 2 N–H and O–H groups in total. The van der Waals surface area contributed by atoms with Gasteiger partial charge in [0.2, 0.25) is 0 Å². The number of hydrogen-bond acceptors (Lipinski definition) is 5. The number of methoxy groups -OCH3 is 1. The number of benzene rings is 3. The largest absolute Gasteiger partial charge is 0.506 e. The van der Waals surface area contributed by atoms with Crippen molar-refractivity contribution in [2.45, 2.75) is 0 Å². The summed E-state index contributed by atoms with van der Waals surface area (Å²) in [5.74, 6) is 0.288. The summed E-state index contributed by atoms with van der Waals surface area (Å²) in [4.78, 5) is 12.4. The lowest BCUT2D eigenvalue weighted by atomic mass is 10.0. The molecule has 0 aliphatic rings. The van der Waals surface area contributed by atoms with Crippen LogP contribution in [0.25, 0.3) is 27.5 Å². The normalized spacial score (nSPS) is 11.7. The molecule has 0 spiro atoms. The third-order valence-corrected chi connectivity index (χ3v) is 4.68. The lowest BCUT2D eigenvalue weighted by Gasteiger charge is -2.09. The Morgan fingerprint density at radius 3 is 2.75 bits per heavy atom. The van der Waals surface area contributed by atoms with E-state index in [1.165, 1.54) is 13.3 Å². The van der Waals surface area contributed by atoms with Crippen molar-refractivity contribution in [2.24, 2.45) is 0 Å². The summed E-state index contributed by atoms with van der Waals surface area (Å²) in [6, 6.07) is 18.1. The first kappa shape index (κ1) is 17.9. The number of halogens is 1. The molecule has 0 aliphatic carbocycles. The summed E-state index contributed by atoms with van der Waals surface area (Å²) in [6.07, 6.45) is 1.30. The highest BCUT2D eigenvalue weighted by Gasteiger charge is 2.12. The predicted molar refractivity (Wildman–Crippen MR) is 112 cm³/mol. The smallest absolute Gasteiger partial charge is 0.347 e. The first-order valence-electron chi connectivity index (χ1n) is 8.52. The molecule has 0 saturated heterocycles. The van der Waals surface area contributed by atoms with Crippen LogP contribution in [-0.4, -0.2) is 12.2 Å². The summed E-state index contributed by atoms with van der Waals surface area (Å²) in [5, 5.41) is 16.6. The number of aliphatic hydroxyl groups excluding tert-OH is 1. The predicted octanol–water partition coefficient (Wildman–Crippen LogP) is 5.58. The Bertz CT molecular complexity index is 1280. The Balaban J connectivity index is 1.78. The molecular formula is C22H16ClNO4. The van der Waals surface area contributed by atoms with Gasteiger partial charge in [-0.15, -0.1) is 0 Å². The molecule has 140 valence electrons. The van der Waals surface area contributed by atoms with Crippen LogP contribution in [0.5, 0.6) is 5.75 Å². The average Bonchev–Trinajstić information content (AvgIpc) is 2.71. The maximum atomic E-state index is 12.4. The first-order chi connectivity index (χ1) is 13.6. The van der Waals surface area contributed by atoms with E-state index in [1.807, 2.05) is 30.3 Å². The van der Waals surface area contributed by atoms with Gasteiger partial charge < -0.3 is 19.6 Å². The topological polar surface area (TPSA) is 71.7 Å². The summed E-state index contributed by atoms with van der Waals surface area (Å²) < 4.78 is 10.7. The molecule has 0 fully saturated rings. The molecule has 0 saturated carbocycles. The highest BCUT2D eigenvalue weighted by atomic mass is 35.5. The average molecular weight is 394 g/mol. The number of anilines is 1. The molecule has 4 aromatic rings. The molecule has 0 aliphatic heterocycles. The Morgan fingerprint density at radius 2 is 1.93 bits per heavy atom. The molecule has 5 nitrogen and oxygen atoms in total. The SMILES string of the molecule is COc1ccc(Cl)cc1N/C=C(\O)c1cc2c(ccc3ccccc32)oc1=O. The van der Waals surface area contributed by atoms with Crippen molar-refractivity contribution in [3.63, 3.8) is 0 Å². The molecule has 3 aromatic carbocycles. The molecular weight excluding hydrogens is 378 g/mol. The molecule has 4 rings (SSSR count). The van der Waals surface area contributed by atoms with Crippen LogP contribution in [0.1, 0.15) is 5.56 Å². The Kier molecular flexibility index (Phi) is 4.67. The Labute approximate surface area is 165 Å². The fraction of sp³-hybridized carbons (Fsp3) is 0.0455. The molecule has 0 unspecified atom stereocenters. The van der Waals surface area contributed by atoms with Gasteiger partial charge in [-0.25, -0.2) is 4.79 Å². The van der Waals surface area contributed by atoms with Gasteiger partial charge in [-0.05, 0) is 41.1 Å². The number of nitrogens with one attached hydrogen (secondary N) is 1. The van der Waals surface area contributed by atoms with Crippen LogP contribution < -0.4 is 15.7 Å². The summed E-state index contributed by atoms with van der Waals surface area (Å²) in [6.45, 7) is 0. The van der Waals surface area contributed by atoms with Crippen molar-refractivity contribution in [3.05, 3.63) is 87.9 Å². The van der Waals surface area contributed by atoms with Gasteiger partial charge in [0.15, 0.2) is 0 Å². The minimum absolute atomic E-state index is 0.0531. The second-order valence-corrected chi connectivity index (χ2v) is 6.60. The van der Waals surface area contributed by atoms with E-state index in [1.54, 1.807) is 30.3 Å². The maximum Gasteiger partial charge on any atom is 0.347 e. The number of rotatable bonds is 4. The zero-order chi connectivity index (χ0) is 19.7. The van der Waals surface area contributed by atoms with Crippen molar-refractivity contribution < 1.29 is 14.3 Å². The van der Waals surface area contributed by atoms with Gasteiger partial charge in [-0.2, -0.15) is 0 Å². The van der Waals surface area contributed by atoms with E-state index in [2.05, 4.69) is 5.32 Å². The maximum absolute atomic E-state index is 12.4. The quantitative estimate of drug-likeness (QED) is 0.269.